The Morgan fingerprint density at radius 1 is 1.03 bits per heavy atom. The number of benzene rings is 1. The van der Waals surface area contributed by atoms with E-state index in [1.807, 2.05) is 12.1 Å². The smallest absolute Gasteiger partial charge is 0.269 e. The van der Waals surface area contributed by atoms with E-state index in [4.69, 9.17) is 14.2 Å². The molecule has 0 radical (unpaired) electrons. The third kappa shape index (κ3) is 3.57. The first-order valence-electron chi connectivity index (χ1n) is 10.5. The maximum Gasteiger partial charge on any atom is 0.269 e. The third-order valence-electron chi connectivity index (χ3n) is 6.43. The second-order valence-corrected chi connectivity index (χ2v) is 8.15. The van der Waals surface area contributed by atoms with Crippen LogP contribution in [0, 0.1) is 0 Å². The Bertz CT molecular complexity index is 921. The molecule has 29 heavy (non-hydrogen) atoms. The van der Waals surface area contributed by atoms with Crippen molar-refractivity contribution in [2.24, 2.45) is 0 Å². The van der Waals surface area contributed by atoms with E-state index in [2.05, 4.69) is 28.5 Å². The van der Waals surface area contributed by atoms with E-state index in [0.29, 0.717) is 25.5 Å². The summed E-state index contributed by atoms with van der Waals surface area (Å²) in [6.07, 6.45) is 6.10. The maximum absolute atomic E-state index is 12.9. The number of pyridine rings is 1. The van der Waals surface area contributed by atoms with Gasteiger partial charge in [0.25, 0.3) is 5.91 Å². The predicted molar refractivity (Wildman–Crippen MR) is 108 cm³/mol. The zero-order valence-electron chi connectivity index (χ0n) is 16.5. The van der Waals surface area contributed by atoms with Gasteiger partial charge < -0.3 is 19.5 Å². The molecular weight excluding hydrogens is 368 g/mol. The summed E-state index contributed by atoms with van der Waals surface area (Å²) in [6.45, 7) is 2.17. The molecule has 2 aliphatic heterocycles. The van der Waals surface area contributed by atoms with Gasteiger partial charge in [-0.2, -0.15) is 0 Å². The Labute approximate surface area is 170 Å². The SMILES string of the molecule is O=C(NCC1(c2ccc3c(c2)OCO3)CCOCC1)c1ccc2c(n1)CCCC2. The minimum Gasteiger partial charge on any atom is -0.454 e. The van der Waals surface area contributed by atoms with Crippen molar-refractivity contribution in [1.29, 1.82) is 0 Å². The summed E-state index contributed by atoms with van der Waals surface area (Å²) >= 11 is 0. The van der Waals surface area contributed by atoms with E-state index in [1.165, 1.54) is 12.0 Å². The van der Waals surface area contributed by atoms with Crippen molar-refractivity contribution in [3.05, 3.63) is 52.8 Å². The lowest BCUT2D eigenvalue weighted by Crippen LogP contribution is -2.44. The molecule has 6 heteroatoms. The van der Waals surface area contributed by atoms with Crippen LogP contribution in [0.1, 0.15) is 53.0 Å². The predicted octanol–water partition coefficient (Wildman–Crippen LogP) is 3.17. The molecule has 6 nitrogen and oxygen atoms in total. The van der Waals surface area contributed by atoms with E-state index in [0.717, 1.165) is 54.9 Å². The summed E-state index contributed by atoms with van der Waals surface area (Å²) in [5.74, 6) is 1.44. The molecule has 1 saturated heterocycles. The van der Waals surface area contributed by atoms with Gasteiger partial charge in [0, 0.05) is 30.9 Å². The highest BCUT2D eigenvalue weighted by molar-refractivity contribution is 5.92. The summed E-state index contributed by atoms with van der Waals surface area (Å²) in [5, 5.41) is 3.15. The average molecular weight is 394 g/mol. The molecule has 1 fully saturated rings. The molecule has 3 aliphatic rings. The first kappa shape index (κ1) is 18.4. The fraction of sp³-hybridized carbons (Fsp3) is 0.478. The molecule has 5 rings (SSSR count). The number of carbonyl (C=O) groups excluding carboxylic acids is 1. The highest BCUT2D eigenvalue weighted by Gasteiger charge is 2.36. The Balaban J connectivity index is 1.35. The van der Waals surface area contributed by atoms with Crippen LogP contribution in [-0.4, -0.2) is 37.4 Å². The topological polar surface area (TPSA) is 69.7 Å². The van der Waals surface area contributed by atoms with Crippen LogP contribution in [0.25, 0.3) is 0 Å². The van der Waals surface area contributed by atoms with Gasteiger partial charge in [-0.15, -0.1) is 0 Å². The Morgan fingerprint density at radius 2 is 1.86 bits per heavy atom. The lowest BCUT2D eigenvalue weighted by molar-refractivity contribution is 0.0486. The van der Waals surface area contributed by atoms with Crippen LogP contribution < -0.4 is 14.8 Å². The Hall–Kier alpha value is -2.60. The number of carbonyl (C=O) groups is 1. The van der Waals surface area contributed by atoms with Crippen LogP contribution >= 0.6 is 0 Å². The molecule has 0 unspecified atom stereocenters. The number of hydrogen-bond acceptors (Lipinski definition) is 5. The van der Waals surface area contributed by atoms with Gasteiger partial charge >= 0.3 is 0 Å². The number of nitrogens with one attached hydrogen (secondary N) is 1. The molecule has 152 valence electrons. The normalized spacial score (nSPS) is 19.4. The minimum atomic E-state index is -0.177. The van der Waals surface area contributed by atoms with Gasteiger partial charge in [-0.05, 0) is 67.9 Å². The highest BCUT2D eigenvalue weighted by Crippen LogP contribution is 2.40. The van der Waals surface area contributed by atoms with Crippen molar-refractivity contribution in [1.82, 2.24) is 10.3 Å². The van der Waals surface area contributed by atoms with Gasteiger partial charge in [0.2, 0.25) is 6.79 Å². The second kappa shape index (κ2) is 7.67. The van der Waals surface area contributed by atoms with E-state index in [9.17, 15) is 4.79 Å². The average Bonchev–Trinajstić information content (AvgIpc) is 3.26. The van der Waals surface area contributed by atoms with E-state index in [1.54, 1.807) is 0 Å². The number of rotatable bonds is 4. The molecular formula is C23H26N2O4. The molecule has 0 atom stereocenters. The van der Waals surface area contributed by atoms with Gasteiger partial charge in [0.15, 0.2) is 11.5 Å². The molecule has 3 heterocycles. The van der Waals surface area contributed by atoms with Crippen LogP contribution in [-0.2, 0) is 23.0 Å². The number of aryl methyl sites for hydroxylation is 2. The van der Waals surface area contributed by atoms with Crippen LogP contribution in [0.3, 0.4) is 0 Å². The van der Waals surface area contributed by atoms with Gasteiger partial charge in [-0.3, -0.25) is 4.79 Å². The lowest BCUT2D eigenvalue weighted by Gasteiger charge is -2.38. The van der Waals surface area contributed by atoms with E-state index in [-0.39, 0.29) is 18.1 Å². The molecule has 1 N–H and O–H groups in total. The monoisotopic (exact) mass is 394 g/mol. The van der Waals surface area contributed by atoms with Crippen LogP contribution in [0.2, 0.25) is 0 Å². The largest absolute Gasteiger partial charge is 0.454 e. The first-order valence-corrected chi connectivity index (χ1v) is 10.5. The summed E-state index contributed by atoms with van der Waals surface area (Å²) in [5.41, 5.74) is 3.86. The fourth-order valence-corrected chi connectivity index (χ4v) is 4.60. The summed E-state index contributed by atoms with van der Waals surface area (Å²) in [7, 11) is 0. The standard InChI is InChI=1S/C23H26N2O4/c26-22(19-7-5-16-3-1-2-4-18(16)25-19)24-14-23(9-11-27-12-10-23)17-6-8-20-21(13-17)29-15-28-20/h5-8,13H,1-4,9-12,14-15H2,(H,24,26). The first-order chi connectivity index (χ1) is 14.2. The number of fused-ring (bicyclic) bond motifs is 2. The number of hydrogen-bond donors (Lipinski definition) is 1. The van der Waals surface area contributed by atoms with Crippen LogP contribution in [0.4, 0.5) is 0 Å². The number of aromatic nitrogens is 1. The fourth-order valence-electron chi connectivity index (χ4n) is 4.60. The second-order valence-electron chi connectivity index (χ2n) is 8.15. The van der Waals surface area contributed by atoms with Gasteiger partial charge in [-0.25, -0.2) is 4.98 Å². The minimum absolute atomic E-state index is 0.106. The third-order valence-corrected chi connectivity index (χ3v) is 6.43. The quantitative estimate of drug-likeness (QED) is 0.863. The van der Waals surface area contributed by atoms with Crippen molar-refractivity contribution < 1.29 is 19.0 Å². The van der Waals surface area contributed by atoms with Gasteiger partial charge in [-0.1, -0.05) is 12.1 Å². The van der Waals surface area contributed by atoms with Crippen molar-refractivity contribution in [3.8, 4) is 11.5 Å². The number of nitrogens with zero attached hydrogens (tertiary/aromatic N) is 1. The molecule has 2 aromatic rings. The van der Waals surface area contributed by atoms with Crippen LogP contribution in [0.5, 0.6) is 11.5 Å². The van der Waals surface area contributed by atoms with Crippen molar-refractivity contribution >= 4 is 5.91 Å². The maximum atomic E-state index is 12.9. The number of amides is 1. The Kier molecular flexibility index (Phi) is 4.87. The number of ether oxygens (including phenoxy) is 3. The van der Waals surface area contributed by atoms with Crippen molar-refractivity contribution in [2.45, 2.75) is 43.9 Å². The summed E-state index contributed by atoms with van der Waals surface area (Å²) < 4.78 is 16.6. The molecule has 1 aromatic carbocycles. The van der Waals surface area contributed by atoms with Crippen molar-refractivity contribution in [3.63, 3.8) is 0 Å². The van der Waals surface area contributed by atoms with Crippen LogP contribution in [0.15, 0.2) is 30.3 Å². The molecule has 0 saturated carbocycles. The van der Waals surface area contributed by atoms with Crippen molar-refractivity contribution in [2.75, 3.05) is 26.6 Å². The Morgan fingerprint density at radius 3 is 2.76 bits per heavy atom. The molecule has 1 aliphatic carbocycles. The van der Waals surface area contributed by atoms with Gasteiger partial charge in [0.05, 0.1) is 0 Å². The van der Waals surface area contributed by atoms with E-state index < -0.39 is 0 Å². The van der Waals surface area contributed by atoms with E-state index >= 15 is 0 Å². The zero-order valence-corrected chi connectivity index (χ0v) is 16.5. The summed E-state index contributed by atoms with van der Waals surface area (Å²) in [4.78, 5) is 17.5. The molecule has 1 amide bonds. The van der Waals surface area contributed by atoms with Gasteiger partial charge in [0.1, 0.15) is 5.69 Å². The summed E-state index contributed by atoms with van der Waals surface area (Å²) in [6, 6.07) is 10.0. The highest BCUT2D eigenvalue weighted by atomic mass is 16.7. The molecule has 0 spiro atoms. The lowest BCUT2D eigenvalue weighted by atomic mass is 9.74. The molecule has 1 aromatic heterocycles. The molecule has 0 bridgehead atoms. The zero-order chi connectivity index (χ0) is 19.7.